The van der Waals surface area contributed by atoms with Gasteiger partial charge in [0, 0.05) is 326 Å². The van der Waals surface area contributed by atoms with Crippen LogP contribution >= 0.6 is 0 Å². The molecule has 0 atom stereocenters. The minimum absolute atomic E-state index is 0. The smallest absolute Gasteiger partial charge is 0.482 e. The van der Waals surface area contributed by atoms with Crippen LogP contribution in [0.4, 0.5) is 0 Å². The van der Waals surface area contributed by atoms with Crippen LogP contribution in [0.3, 0.4) is 0 Å². The summed E-state index contributed by atoms with van der Waals surface area (Å²) in [5, 5.41) is 19.0. The van der Waals surface area contributed by atoms with E-state index in [1.165, 1.54) is 141 Å². The van der Waals surface area contributed by atoms with Crippen molar-refractivity contribution in [3.8, 4) is 11.3 Å². The molecule has 1 aliphatic carbocycles. The number of benzene rings is 10. The summed E-state index contributed by atoms with van der Waals surface area (Å²) in [6, 6.07) is 77.5. The van der Waals surface area contributed by atoms with Gasteiger partial charge < -0.3 is 64.1 Å². The van der Waals surface area contributed by atoms with E-state index >= 15 is 0 Å². The third kappa shape index (κ3) is 19.9. The number of aromatic nitrogens is 12. The van der Waals surface area contributed by atoms with Gasteiger partial charge in [-0.3, -0.25) is 19.9 Å². The van der Waals surface area contributed by atoms with E-state index in [1.807, 2.05) is 94.4 Å². The largest absolute Gasteiger partial charge is 3.00 e. The average Bonchev–Trinajstić information content (AvgIpc) is 1.66. The molecule has 10 aromatic carbocycles. The zero-order valence-electron chi connectivity index (χ0n) is 68.7. The van der Waals surface area contributed by atoms with Crippen LogP contribution in [0.1, 0.15) is 51.8 Å². The quantitative estimate of drug-likeness (QED) is 0.0962. The Kier molecular flexibility index (Phi) is 43.0. The average molecular weight is 2840 g/mol. The second kappa shape index (κ2) is 46.7. The van der Waals surface area contributed by atoms with Crippen molar-refractivity contribution in [2.75, 3.05) is 0 Å². The van der Waals surface area contributed by atoms with Gasteiger partial charge in [0.15, 0.2) is 0 Å². The second-order valence-electron chi connectivity index (χ2n) is 28.1. The van der Waals surface area contributed by atoms with Gasteiger partial charge in [-0.1, -0.05) is 156 Å². The van der Waals surface area contributed by atoms with Crippen LogP contribution in [0.2, 0.25) is 19.6 Å². The molecule has 1 aliphatic rings. The molecule has 23 heteroatoms. The van der Waals surface area contributed by atoms with Gasteiger partial charge in [0.2, 0.25) is 0 Å². The molecular weight excluding hydrogens is 2750 g/mol. The summed E-state index contributed by atoms with van der Waals surface area (Å²) in [6.45, 7) is 18.2. The van der Waals surface area contributed by atoms with Gasteiger partial charge in [-0.25, -0.2) is 16.0 Å². The zero-order chi connectivity index (χ0) is 70.5. The van der Waals surface area contributed by atoms with E-state index in [1.54, 1.807) is 18.7 Å². The number of rotatable bonds is 2. The SMILES string of the molecule is C[Si](C)(C)c1cnc2c3[c-]cccc3c3ccccc3n12.Cc1c(C)c(C)c(-c2cnc3c4[c-]cccc4c4ccccc4n23)c(C)c1C.[CH3-].[CH3-].[CH3-].[CH3-].[CH3-].[Ir+3].[Ir].[Ir].[Ir].[Ir].[Y].[Y].[Y].[Y].[Y].[c-]1cc2c(c3c1c1nccn1c1ccccc31)CCCC2.[c-]1cccc2c1c1nccn1c1ncncc21.[c-]1cccc2c3ccccc3c3nc[c-]n3c12. The fraction of sp³-hybridized carbons (Fsp3) is 0.125. The van der Waals surface area contributed by atoms with E-state index in [9.17, 15) is 0 Å². The summed E-state index contributed by atoms with van der Waals surface area (Å²) in [6.07, 6.45) is 24.9. The third-order valence-electron chi connectivity index (χ3n) is 21.4. The Hall–Kier alpha value is -3.69. The Morgan fingerprint density at radius 1 is 0.378 bits per heavy atom. The normalized spacial score (nSPS) is 10.9. The molecule has 0 saturated carbocycles. The van der Waals surface area contributed by atoms with E-state index < -0.39 is 8.07 Å². The van der Waals surface area contributed by atoms with E-state index in [0.717, 1.165) is 77.4 Å². The molecule has 0 saturated heterocycles. The van der Waals surface area contributed by atoms with Crippen LogP contribution in [-0.4, -0.2) is 65.0 Å². The molecule has 22 rings (SSSR count). The number of hydrogen-bond donors (Lipinski definition) is 0. The predicted molar refractivity (Wildman–Crippen MR) is 460 cm³/mol. The van der Waals surface area contributed by atoms with Gasteiger partial charge in [0.25, 0.3) is 0 Å². The molecule has 0 unspecified atom stereocenters. The van der Waals surface area contributed by atoms with Gasteiger partial charge in [0.1, 0.15) is 12.0 Å². The fourth-order valence-corrected chi connectivity index (χ4v) is 17.4. The Bertz CT molecular complexity index is 6750. The van der Waals surface area contributed by atoms with Gasteiger partial charge in [-0.15, -0.1) is 112 Å². The number of hydrogen-bond acceptors (Lipinski definition) is 7. The number of nitrogens with zero attached hydrogens (tertiary/aromatic N) is 12. The molecule has 0 spiro atoms. The minimum Gasteiger partial charge on any atom is -0.482 e. The summed E-state index contributed by atoms with van der Waals surface area (Å²) < 4.78 is 10.8. The molecule has 11 heterocycles. The number of aryl methyl sites for hydroxylation is 2. The van der Waals surface area contributed by atoms with Gasteiger partial charge in [-0.2, -0.15) is 29.1 Å². The van der Waals surface area contributed by atoms with Crippen LogP contribution in [0.5, 0.6) is 0 Å². The Labute approximate surface area is 893 Å². The fourth-order valence-electron chi connectivity index (χ4n) is 16.0. The minimum atomic E-state index is -1.46. The number of pyridine rings is 5. The molecule has 9 radical (unpaired) electrons. The van der Waals surface area contributed by atoms with Crippen molar-refractivity contribution < 1.29 is 264 Å². The first-order valence-corrected chi connectivity index (χ1v) is 39.0. The zero-order valence-corrected chi connectivity index (χ0v) is 95.9. The second-order valence-corrected chi connectivity index (χ2v) is 33.1. The van der Waals surface area contributed by atoms with E-state index in [2.05, 4.69) is 256 Å². The predicted octanol–water partition coefficient (Wildman–Crippen LogP) is 22.7. The summed E-state index contributed by atoms with van der Waals surface area (Å²) in [7, 11) is -1.46. The Morgan fingerprint density at radius 3 is 1.44 bits per heavy atom. The topological polar surface area (TPSA) is 112 Å². The molecule has 0 amide bonds. The monoisotopic (exact) mass is 2840 g/mol. The molecule has 0 fully saturated rings. The van der Waals surface area contributed by atoms with Crippen molar-refractivity contribution in [1.82, 2.24) is 56.9 Å². The van der Waals surface area contributed by atoms with Crippen molar-refractivity contribution in [2.45, 2.75) is 79.9 Å². The summed E-state index contributed by atoms with van der Waals surface area (Å²) in [5.74, 6) is 0. The Morgan fingerprint density at radius 2 is 0.840 bits per heavy atom. The standard InChI is InChI=1S/C26H23N2.C19H15N2.C18H17N2Si.C15H8N2.C13H7N4.5CH3.5Ir.5Y/c1-15-16(2)18(4)25(19(5)17(15)3)24-14-27-26-22-12-7-6-10-20(22)21-11-8-9-13-23(21)28(24)26;1-2-6-14-13(5-1)9-10-16-18(14)15-7-3-4-8-17(15)21-12-11-20-19(16)21;1-21(2,3)17-12-19-18-15-10-5-4-8-13(15)14-9-6-7-11-16(14)20(17)18;1-2-7-13-11(5-1)12-6-3-4-8-14(12)17-10-9-16-15(13)17;1-2-4-10-9(3-1)11-7-14-8-16-13(11)17-6-5-15-12(10)17;;;;;;;;;;;;;;;/h6-11,13-14H,1-5H3;3-4,7-9,11-12H,1-2,5-6H2;4-9,11-12H,1-3H3;1-7,9H;1-3,5-8H;5*1H3;;;;;;;;;;/q3*-1;-2;6*-1;;;;;+3;;;;;. The number of imidazole rings is 5. The maximum absolute atomic E-state index is 4.87. The van der Waals surface area contributed by atoms with Gasteiger partial charge >= 0.3 is 20.1 Å². The van der Waals surface area contributed by atoms with Crippen molar-refractivity contribution in [3.05, 3.63) is 344 Å². The van der Waals surface area contributed by atoms with E-state index in [-0.39, 0.29) is 301 Å². The van der Waals surface area contributed by atoms with Crippen LogP contribution in [0.25, 0.3) is 148 Å². The molecule has 601 valence electrons. The van der Waals surface area contributed by atoms with Crippen molar-refractivity contribution in [2.24, 2.45) is 0 Å². The van der Waals surface area contributed by atoms with Gasteiger partial charge in [0.05, 0.1) is 36.4 Å². The van der Waals surface area contributed by atoms with E-state index in [4.69, 9.17) is 9.97 Å². The molecule has 11 aromatic heterocycles. The molecular formula is C96H85Ir5N12SiY5-8. The molecule has 21 aromatic rings. The first-order valence-electron chi connectivity index (χ1n) is 35.5. The van der Waals surface area contributed by atoms with Crippen molar-refractivity contribution >= 4 is 150 Å². The number of para-hydroxylation sites is 4. The van der Waals surface area contributed by atoms with Crippen LogP contribution in [0, 0.1) is 108 Å². The molecule has 0 N–H and O–H groups in total. The van der Waals surface area contributed by atoms with Crippen LogP contribution in [-0.2, 0) is 277 Å². The van der Waals surface area contributed by atoms with Crippen LogP contribution in [0.15, 0.2) is 232 Å². The summed E-state index contributed by atoms with van der Waals surface area (Å²) in [4.78, 5) is 31.4. The first kappa shape index (κ1) is 109. The maximum atomic E-state index is 4.87. The van der Waals surface area contributed by atoms with E-state index in [0.29, 0.717) is 0 Å². The third-order valence-corrected chi connectivity index (χ3v) is 23.2. The molecule has 0 bridgehead atoms. The molecule has 119 heavy (non-hydrogen) atoms. The summed E-state index contributed by atoms with van der Waals surface area (Å²) >= 11 is 0. The summed E-state index contributed by atoms with van der Waals surface area (Å²) in [5.41, 5.74) is 22.7. The molecule has 12 nitrogen and oxygen atoms in total. The Balaban J connectivity index is 0.000000376. The van der Waals surface area contributed by atoms with Gasteiger partial charge in [-0.05, 0) is 115 Å². The van der Waals surface area contributed by atoms with Crippen molar-refractivity contribution in [3.63, 3.8) is 0 Å². The van der Waals surface area contributed by atoms with Crippen LogP contribution < -0.4 is 5.32 Å². The molecule has 0 aliphatic heterocycles. The van der Waals surface area contributed by atoms with Crippen molar-refractivity contribution in [1.29, 1.82) is 0 Å². The first-order chi connectivity index (χ1) is 50.9. The maximum Gasteiger partial charge on any atom is 3.00 e. The number of fused-ring (bicyclic) bond motifs is 32.